The van der Waals surface area contributed by atoms with Crippen molar-refractivity contribution in [1.82, 2.24) is 15.0 Å². The van der Waals surface area contributed by atoms with E-state index in [-0.39, 0.29) is 34.4 Å². The number of piperidine rings is 1. The van der Waals surface area contributed by atoms with E-state index in [4.69, 9.17) is 16.3 Å². The fourth-order valence-electron chi connectivity index (χ4n) is 3.09. The SMILES string of the molecule is CCOC(=O)C1CCCN(c2ncnc(Nc3cccnc3Cl)c2[N+](=O)[O-])C1. The molecular weight excluding hydrogens is 388 g/mol. The van der Waals surface area contributed by atoms with Crippen LogP contribution < -0.4 is 10.2 Å². The van der Waals surface area contributed by atoms with Gasteiger partial charge in [0.1, 0.15) is 6.33 Å². The van der Waals surface area contributed by atoms with Crippen LogP contribution in [0, 0.1) is 16.0 Å². The third-order valence-corrected chi connectivity index (χ3v) is 4.64. The number of nitro groups is 1. The molecule has 1 atom stereocenters. The van der Waals surface area contributed by atoms with E-state index < -0.39 is 4.92 Å². The van der Waals surface area contributed by atoms with Crippen LogP contribution in [-0.4, -0.2) is 45.5 Å². The highest BCUT2D eigenvalue weighted by Crippen LogP contribution is 2.36. The summed E-state index contributed by atoms with van der Waals surface area (Å²) >= 11 is 6.03. The topological polar surface area (TPSA) is 123 Å². The molecule has 2 aromatic rings. The summed E-state index contributed by atoms with van der Waals surface area (Å²) in [5.74, 6) is -0.503. The first-order valence-corrected chi connectivity index (χ1v) is 9.17. The fraction of sp³-hybridized carbons (Fsp3) is 0.412. The molecule has 3 rings (SSSR count). The third kappa shape index (κ3) is 4.28. The zero-order chi connectivity index (χ0) is 20.1. The summed E-state index contributed by atoms with van der Waals surface area (Å²) in [5, 5.41) is 14.8. The second-order valence-electron chi connectivity index (χ2n) is 6.16. The molecule has 0 aromatic carbocycles. The minimum Gasteiger partial charge on any atom is -0.466 e. The van der Waals surface area contributed by atoms with Gasteiger partial charge in [-0.25, -0.2) is 15.0 Å². The van der Waals surface area contributed by atoms with Crippen molar-refractivity contribution in [3.05, 3.63) is 39.9 Å². The highest BCUT2D eigenvalue weighted by Gasteiger charge is 2.33. The minimum atomic E-state index is -0.546. The number of ether oxygens (including phenoxy) is 1. The maximum Gasteiger partial charge on any atom is 0.353 e. The predicted octanol–water partition coefficient (Wildman–Crippen LogP) is 2.96. The number of carbonyl (C=O) groups excluding carboxylic acids is 1. The van der Waals surface area contributed by atoms with Crippen LogP contribution in [0.5, 0.6) is 0 Å². The van der Waals surface area contributed by atoms with Gasteiger partial charge in [-0.3, -0.25) is 14.9 Å². The number of rotatable bonds is 6. The van der Waals surface area contributed by atoms with E-state index in [9.17, 15) is 14.9 Å². The molecule has 0 radical (unpaired) electrons. The lowest BCUT2D eigenvalue weighted by Crippen LogP contribution is -2.40. The molecule has 3 heterocycles. The van der Waals surface area contributed by atoms with Gasteiger partial charge < -0.3 is 15.0 Å². The zero-order valence-electron chi connectivity index (χ0n) is 15.2. The molecule has 1 saturated heterocycles. The Bertz CT molecular complexity index is 880. The zero-order valence-corrected chi connectivity index (χ0v) is 15.9. The predicted molar refractivity (Wildman–Crippen MR) is 103 cm³/mol. The molecule has 11 heteroatoms. The number of anilines is 3. The van der Waals surface area contributed by atoms with E-state index in [1.807, 2.05) is 0 Å². The van der Waals surface area contributed by atoms with Crippen LogP contribution in [0.25, 0.3) is 0 Å². The van der Waals surface area contributed by atoms with Crippen molar-refractivity contribution in [3.63, 3.8) is 0 Å². The Balaban J connectivity index is 1.92. The van der Waals surface area contributed by atoms with Crippen molar-refractivity contribution >= 4 is 40.6 Å². The monoisotopic (exact) mass is 406 g/mol. The van der Waals surface area contributed by atoms with Crippen molar-refractivity contribution < 1.29 is 14.5 Å². The molecule has 1 unspecified atom stereocenters. The molecule has 1 aliphatic heterocycles. The number of nitrogens with one attached hydrogen (secondary N) is 1. The van der Waals surface area contributed by atoms with E-state index in [0.717, 1.165) is 0 Å². The van der Waals surface area contributed by atoms with Gasteiger partial charge in [-0.05, 0) is 31.9 Å². The van der Waals surface area contributed by atoms with Crippen LogP contribution >= 0.6 is 11.6 Å². The van der Waals surface area contributed by atoms with Crippen molar-refractivity contribution in [1.29, 1.82) is 0 Å². The Morgan fingerprint density at radius 2 is 2.29 bits per heavy atom. The van der Waals surface area contributed by atoms with Gasteiger partial charge in [-0.1, -0.05) is 11.6 Å². The summed E-state index contributed by atoms with van der Waals surface area (Å²) in [5.41, 5.74) is 0.104. The van der Waals surface area contributed by atoms with Crippen molar-refractivity contribution in [2.45, 2.75) is 19.8 Å². The summed E-state index contributed by atoms with van der Waals surface area (Å²) in [6, 6.07) is 3.29. The number of aromatic nitrogens is 3. The highest BCUT2D eigenvalue weighted by atomic mass is 35.5. The molecule has 1 fully saturated rings. The standard InChI is InChI=1S/C17H19ClN6O4/c1-2-28-17(25)11-5-4-8-23(9-11)16-13(24(26)27)15(20-10-21-16)22-12-6-3-7-19-14(12)18/h3,6-7,10-11H,2,4-5,8-9H2,1H3,(H,20,21,22). The van der Waals surface area contributed by atoms with Crippen LogP contribution in [0.3, 0.4) is 0 Å². The van der Waals surface area contributed by atoms with Gasteiger partial charge in [-0.2, -0.15) is 0 Å². The highest BCUT2D eigenvalue weighted by molar-refractivity contribution is 6.32. The van der Waals surface area contributed by atoms with Crippen molar-refractivity contribution in [3.8, 4) is 0 Å². The number of hydrogen-bond acceptors (Lipinski definition) is 9. The summed E-state index contributed by atoms with van der Waals surface area (Å²) in [6.45, 7) is 2.88. The number of pyridine rings is 1. The average molecular weight is 407 g/mol. The van der Waals surface area contributed by atoms with Crippen LogP contribution in [0.1, 0.15) is 19.8 Å². The van der Waals surface area contributed by atoms with Gasteiger partial charge in [-0.15, -0.1) is 0 Å². The molecule has 0 saturated carbocycles. The number of carbonyl (C=O) groups is 1. The van der Waals surface area contributed by atoms with Crippen molar-refractivity contribution in [2.75, 3.05) is 29.9 Å². The van der Waals surface area contributed by atoms with E-state index >= 15 is 0 Å². The Morgan fingerprint density at radius 1 is 1.46 bits per heavy atom. The molecule has 0 aliphatic carbocycles. The summed E-state index contributed by atoms with van der Waals surface area (Å²) in [4.78, 5) is 37.1. The summed E-state index contributed by atoms with van der Waals surface area (Å²) in [6.07, 6.45) is 4.12. The second kappa shape index (κ2) is 8.79. The molecule has 0 spiro atoms. The van der Waals surface area contributed by atoms with Gasteiger partial charge in [0.15, 0.2) is 5.15 Å². The van der Waals surface area contributed by atoms with Gasteiger partial charge >= 0.3 is 11.7 Å². The van der Waals surface area contributed by atoms with Gasteiger partial charge in [0.2, 0.25) is 11.6 Å². The van der Waals surface area contributed by atoms with Crippen LogP contribution in [0.4, 0.5) is 23.0 Å². The average Bonchev–Trinajstić information content (AvgIpc) is 2.69. The lowest BCUT2D eigenvalue weighted by atomic mass is 9.98. The van der Waals surface area contributed by atoms with Gasteiger partial charge in [0.25, 0.3) is 0 Å². The lowest BCUT2D eigenvalue weighted by molar-refractivity contribution is -0.383. The van der Waals surface area contributed by atoms with Crippen LogP contribution in [0.2, 0.25) is 5.15 Å². The number of nitrogens with zero attached hydrogens (tertiary/aromatic N) is 5. The Labute approximate surface area is 166 Å². The Kier molecular flexibility index (Phi) is 6.19. The normalized spacial score (nSPS) is 16.5. The first-order chi connectivity index (χ1) is 13.5. The Hall–Kier alpha value is -3.01. The second-order valence-corrected chi connectivity index (χ2v) is 6.51. The molecule has 148 valence electrons. The van der Waals surface area contributed by atoms with Gasteiger partial charge in [0.05, 0.1) is 23.1 Å². The largest absolute Gasteiger partial charge is 0.466 e. The third-order valence-electron chi connectivity index (χ3n) is 4.34. The molecule has 28 heavy (non-hydrogen) atoms. The molecule has 1 N–H and O–H groups in total. The quantitative estimate of drug-likeness (QED) is 0.333. The fourth-order valence-corrected chi connectivity index (χ4v) is 3.26. The maximum atomic E-state index is 12.1. The van der Waals surface area contributed by atoms with E-state index in [2.05, 4.69) is 20.3 Å². The first kappa shape index (κ1) is 19.7. The van der Waals surface area contributed by atoms with Crippen molar-refractivity contribution in [2.24, 2.45) is 5.92 Å². The first-order valence-electron chi connectivity index (χ1n) is 8.79. The van der Waals surface area contributed by atoms with E-state index in [1.54, 1.807) is 24.0 Å². The Morgan fingerprint density at radius 3 is 3.00 bits per heavy atom. The maximum absolute atomic E-state index is 12.1. The number of hydrogen-bond donors (Lipinski definition) is 1. The molecule has 0 bridgehead atoms. The molecular formula is C17H19ClN6O4. The van der Waals surface area contributed by atoms with Crippen LogP contribution in [-0.2, 0) is 9.53 Å². The summed E-state index contributed by atoms with van der Waals surface area (Å²) in [7, 11) is 0. The van der Waals surface area contributed by atoms with E-state index in [0.29, 0.717) is 38.2 Å². The van der Waals surface area contributed by atoms with Gasteiger partial charge in [0, 0.05) is 19.3 Å². The summed E-state index contributed by atoms with van der Waals surface area (Å²) < 4.78 is 5.09. The number of esters is 1. The number of halogens is 1. The van der Waals surface area contributed by atoms with E-state index in [1.165, 1.54) is 12.5 Å². The molecule has 1 aliphatic rings. The molecule has 0 amide bonds. The lowest BCUT2D eigenvalue weighted by Gasteiger charge is -2.32. The van der Waals surface area contributed by atoms with Crippen LogP contribution in [0.15, 0.2) is 24.7 Å². The molecule has 10 nitrogen and oxygen atoms in total. The molecule has 2 aromatic heterocycles. The minimum absolute atomic E-state index is 0.00292. The smallest absolute Gasteiger partial charge is 0.353 e.